The third-order valence-corrected chi connectivity index (χ3v) is 5.04. The second kappa shape index (κ2) is 12.0. The summed E-state index contributed by atoms with van der Waals surface area (Å²) in [5.41, 5.74) is 5.78. The van der Waals surface area contributed by atoms with Crippen LogP contribution < -0.4 is 11.1 Å². The Morgan fingerprint density at radius 2 is 1.81 bits per heavy atom. The van der Waals surface area contributed by atoms with Crippen LogP contribution >= 0.6 is 24.8 Å². The summed E-state index contributed by atoms with van der Waals surface area (Å²) < 4.78 is 5.59. The highest BCUT2D eigenvalue weighted by atomic mass is 35.5. The van der Waals surface area contributed by atoms with Crippen molar-refractivity contribution in [1.82, 2.24) is 15.1 Å². The molecule has 9 heteroatoms. The van der Waals surface area contributed by atoms with Crippen LogP contribution in [0.5, 0.6) is 0 Å². The number of nitrogens with zero attached hydrogens (tertiary/aromatic N) is 2. The van der Waals surface area contributed by atoms with Gasteiger partial charge in [-0.3, -0.25) is 14.5 Å². The minimum atomic E-state index is -0.563. The van der Waals surface area contributed by atoms with Gasteiger partial charge in [-0.25, -0.2) is 0 Å². The van der Waals surface area contributed by atoms with Crippen molar-refractivity contribution in [3.8, 4) is 0 Å². The molecular weight excluding hydrogens is 379 g/mol. The van der Waals surface area contributed by atoms with E-state index in [2.05, 4.69) is 17.1 Å². The van der Waals surface area contributed by atoms with E-state index in [-0.39, 0.29) is 49.1 Å². The third kappa shape index (κ3) is 7.19. The van der Waals surface area contributed by atoms with Gasteiger partial charge >= 0.3 is 0 Å². The van der Waals surface area contributed by atoms with Gasteiger partial charge < -0.3 is 20.7 Å². The lowest BCUT2D eigenvalue weighted by Gasteiger charge is -2.41. The number of hydrogen-bond acceptors (Lipinski definition) is 5. The van der Waals surface area contributed by atoms with Crippen molar-refractivity contribution in [1.29, 1.82) is 0 Å². The Hall–Kier alpha value is -0.600. The number of amides is 2. The quantitative estimate of drug-likeness (QED) is 0.691. The fraction of sp³-hybridized carbons (Fsp3) is 0.882. The highest BCUT2D eigenvalue weighted by Crippen LogP contribution is 2.19. The first kappa shape index (κ1) is 25.4. The Labute approximate surface area is 169 Å². The van der Waals surface area contributed by atoms with Crippen molar-refractivity contribution >= 4 is 36.6 Å². The molecule has 0 bridgehead atoms. The van der Waals surface area contributed by atoms with Crippen LogP contribution in [-0.2, 0) is 14.3 Å². The molecule has 3 N–H and O–H groups in total. The number of hydrogen-bond donors (Lipinski definition) is 2. The van der Waals surface area contributed by atoms with Crippen molar-refractivity contribution in [3.63, 3.8) is 0 Å². The van der Waals surface area contributed by atoms with Crippen molar-refractivity contribution in [2.45, 2.75) is 51.8 Å². The van der Waals surface area contributed by atoms with Crippen LogP contribution in [0.3, 0.4) is 0 Å². The first-order valence-corrected chi connectivity index (χ1v) is 9.05. The third-order valence-electron chi connectivity index (χ3n) is 5.04. The van der Waals surface area contributed by atoms with Gasteiger partial charge in [0.05, 0.1) is 25.3 Å². The van der Waals surface area contributed by atoms with Crippen molar-refractivity contribution < 1.29 is 14.3 Å². The molecule has 2 rings (SSSR count). The Morgan fingerprint density at radius 1 is 1.19 bits per heavy atom. The molecule has 0 radical (unpaired) electrons. The molecule has 0 aromatic heterocycles. The lowest BCUT2D eigenvalue weighted by atomic mass is 10.0. The lowest BCUT2D eigenvalue weighted by molar-refractivity contribution is -0.135. The molecule has 2 aliphatic heterocycles. The minimum absolute atomic E-state index is 0. The standard InChI is InChI=1S/C17H32N4O3.2ClH/c1-12(2)16(18)17(23)19-10-15(22)20-6-4-14(5-7-20)21-8-9-24-13(3)11-21;;/h12-14,16H,4-11,18H2,1-3H3,(H,19,23);2*1H/t13?,16-;;/m0../s1. The molecule has 0 aromatic rings. The molecule has 0 saturated carbocycles. The summed E-state index contributed by atoms with van der Waals surface area (Å²) in [6.07, 6.45) is 2.26. The van der Waals surface area contributed by atoms with E-state index in [4.69, 9.17) is 10.5 Å². The maximum Gasteiger partial charge on any atom is 0.241 e. The molecule has 2 heterocycles. The molecular formula is C17H34Cl2N4O3. The average molecular weight is 413 g/mol. The molecule has 2 amide bonds. The zero-order valence-electron chi connectivity index (χ0n) is 16.0. The van der Waals surface area contributed by atoms with Crippen LogP contribution in [0.2, 0.25) is 0 Å². The van der Waals surface area contributed by atoms with Gasteiger partial charge in [0.2, 0.25) is 11.8 Å². The minimum Gasteiger partial charge on any atom is -0.376 e. The molecule has 2 atom stereocenters. The van der Waals surface area contributed by atoms with Crippen LogP contribution in [0.15, 0.2) is 0 Å². The van der Waals surface area contributed by atoms with Gasteiger partial charge in [-0.1, -0.05) is 13.8 Å². The molecule has 2 aliphatic rings. The summed E-state index contributed by atoms with van der Waals surface area (Å²) in [4.78, 5) is 28.4. The largest absolute Gasteiger partial charge is 0.376 e. The van der Waals surface area contributed by atoms with E-state index in [0.29, 0.717) is 12.1 Å². The zero-order valence-corrected chi connectivity index (χ0v) is 17.6. The van der Waals surface area contributed by atoms with Crippen molar-refractivity contribution in [2.75, 3.05) is 39.3 Å². The van der Waals surface area contributed by atoms with Crippen LogP contribution in [0.25, 0.3) is 0 Å². The van der Waals surface area contributed by atoms with E-state index >= 15 is 0 Å². The summed E-state index contributed by atoms with van der Waals surface area (Å²) in [6, 6.07) is -0.0313. The monoisotopic (exact) mass is 412 g/mol. The fourth-order valence-corrected chi connectivity index (χ4v) is 3.35. The second-order valence-corrected chi connectivity index (χ2v) is 7.28. The number of halogens is 2. The Balaban J connectivity index is 0.00000312. The normalized spacial score (nSPS) is 23.0. The molecule has 2 fully saturated rings. The van der Waals surface area contributed by atoms with Gasteiger partial charge in [-0.15, -0.1) is 24.8 Å². The van der Waals surface area contributed by atoms with E-state index in [1.165, 1.54) is 0 Å². The average Bonchev–Trinajstić information content (AvgIpc) is 2.58. The topological polar surface area (TPSA) is 87.9 Å². The number of carbonyl (C=O) groups is 2. The van der Waals surface area contributed by atoms with Crippen LogP contribution in [0.1, 0.15) is 33.6 Å². The second-order valence-electron chi connectivity index (χ2n) is 7.28. The Kier molecular flexibility index (Phi) is 11.7. The number of piperidine rings is 1. The number of nitrogens with one attached hydrogen (secondary N) is 1. The van der Waals surface area contributed by atoms with Gasteiger partial charge in [0.25, 0.3) is 0 Å². The zero-order chi connectivity index (χ0) is 17.7. The van der Waals surface area contributed by atoms with Gasteiger partial charge in [0.15, 0.2) is 0 Å². The lowest BCUT2D eigenvalue weighted by Crippen LogP contribution is -2.53. The van der Waals surface area contributed by atoms with E-state index in [0.717, 1.165) is 45.6 Å². The molecule has 154 valence electrons. The molecule has 26 heavy (non-hydrogen) atoms. The summed E-state index contributed by atoms with van der Waals surface area (Å²) in [5.74, 6) is -0.213. The van der Waals surface area contributed by atoms with Gasteiger partial charge in [0, 0.05) is 32.2 Å². The van der Waals surface area contributed by atoms with Crippen molar-refractivity contribution in [3.05, 3.63) is 0 Å². The first-order valence-electron chi connectivity index (χ1n) is 9.05. The highest BCUT2D eigenvalue weighted by Gasteiger charge is 2.29. The number of carbonyl (C=O) groups excluding carboxylic acids is 2. The molecule has 0 aromatic carbocycles. The summed E-state index contributed by atoms with van der Waals surface area (Å²) in [6.45, 7) is 10.2. The van der Waals surface area contributed by atoms with Gasteiger partial charge in [-0.05, 0) is 25.7 Å². The van der Waals surface area contributed by atoms with Crippen LogP contribution in [0.4, 0.5) is 0 Å². The molecule has 2 saturated heterocycles. The first-order chi connectivity index (χ1) is 11.4. The SMILES string of the molecule is CC1CN(C2CCN(C(=O)CNC(=O)[C@@H](N)C(C)C)CC2)CCO1.Cl.Cl. The van der Waals surface area contributed by atoms with E-state index in [1.807, 2.05) is 18.7 Å². The van der Waals surface area contributed by atoms with Gasteiger partial charge in [0.1, 0.15) is 0 Å². The smallest absolute Gasteiger partial charge is 0.241 e. The fourth-order valence-electron chi connectivity index (χ4n) is 3.35. The molecule has 0 aliphatic carbocycles. The summed E-state index contributed by atoms with van der Waals surface area (Å²) in [5, 5.41) is 2.66. The number of nitrogens with two attached hydrogens (primary N) is 1. The van der Waals surface area contributed by atoms with Gasteiger partial charge in [-0.2, -0.15) is 0 Å². The maximum atomic E-state index is 12.3. The summed E-state index contributed by atoms with van der Waals surface area (Å²) >= 11 is 0. The molecule has 0 spiro atoms. The van der Waals surface area contributed by atoms with Crippen LogP contribution in [0, 0.1) is 5.92 Å². The van der Waals surface area contributed by atoms with E-state index in [1.54, 1.807) is 0 Å². The number of morpholine rings is 1. The Morgan fingerprint density at radius 3 is 2.35 bits per heavy atom. The predicted molar refractivity (Wildman–Crippen MR) is 107 cm³/mol. The molecule has 7 nitrogen and oxygen atoms in total. The number of ether oxygens (including phenoxy) is 1. The maximum absolute atomic E-state index is 12.3. The number of likely N-dealkylation sites (tertiary alicyclic amines) is 1. The van der Waals surface area contributed by atoms with E-state index in [9.17, 15) is 9.59 Å². The highest BCUT2D eigenvalue weighted by molar-refractivity contribution is 5.87. The molecule has 1 unspecified atom stereocenters. The van der Waals surface area contributed by atoms with E-state index < -0.39 is 6.04 Å². The Bertz CT molecular complexity index is 446. The van der Waals surface area contributed by atoms with Crippen molar-refractivity contribution in [2.24, 2.45) is 11.7 Å². The van der Waals surface area contributed by atoms with Crippen LogP contribution in [-0.4, -0.2) is 79.1 Å². The predicted octanol–water partition coefficient (Wildman–Crippen LogP) is 0.641. The number of rotatable bonds is 5. The summed E-state index contributed by atoms with van der Waals surface area (Å²) in [7, 11) is 0.